The molecule has 0 radical (unpaired) electrons. The third-order valence-corrected chi connectivity index (χ3v) is 1.08. The van der Waals surface area contributed by atoms with Crippen LogP contribution in [0.1, 0.15) is 13.8 Å². The average molecular weight is 159 g/mol. The maximum Gasteiger partial charge on any atom is 0.185 e. The molecule has 0 bridgehead atoms. The highest BCUT2D eigenvalue weighted by Crippen LogP contribution is 1.82. The van der Waals surface area contributed by atoms with Gasteiger partial charge in [0.25, 0.3) is 0 Å². The summed E-state index contributed by atoms with van der Waals surface area (Å²) in [5.41, 5.74) is 0. The van der Waals surface area contributed by atoms with Crippen molar-refractivity contribution in [1.29, 1.82) is 0 Å². The van der Waals surface area contributed by atoms with Crippen molar-refractivity contribution in [1.82, 2.24) is 5.32 Å². The monoisotopic (exact) mass is 159 g/mol. The Morgan fingerprint density at radius 2 is 2.30 bits per heavy atom. The number of hydrogen-bond acceptors (Lipinski definition) is 3. The summed E-state index contributed by atoms with van der Waals surface area (Å²) in [5.74, 6) is 0. The molecule has 1 N–H and O–H groups in total. The Labute approximate surface area is 67.3 Å². The summed E-state index contributed by atoms with van der Waals surface area (Å²) in [6, 6.07) is 0. The normalized spacial score (nSPS) is 9.80. The second-order valence-corrected chi connectivity index (χ2v) is 2.05. The van der Waals surface area contributed by atoms with E-state index in [-0.39, 0.29) is 0 Å². The zero-order chi connectivity index (χ0) is 7.82. The molecule has 0 rings (SSSR count). The molecule has 0 heterocycles. The second kappa shape index (κ2) is 6.55. The van der Waals surface area contributed by atoms with E-state index in [1.54, 1.807) is 12.3 Å². The minimum Gasteiger partial charge on any atom is -0.484 e. The molecule has 58 valence electrons. The van der Waals surface area contributed by atoms with Gasteiger partial charge in [0.2, 0.25) is 0 Å². The van der Waals surface area contributed by atoms with E-state index in [1.807, 2.05) is 13.8 Å². The number of thiocarbonyl (C=S) groups is 1. The lowest BCUT2D eigenvalue weighted by Crippen LogP contribution is -2.04. The van der Waals surface area contributed by atoms with Gasteiger partial charge in [0.15, 0.2) is 5.05 Å². The first-order valence-electron chi connectivity index (χ1n) is 3.38. The molecule has 0 aromatic carbocycles. The van der Waals surface area contributed by atoms with Crippen LogP contribution < -0.4 is 5.32 Å². The fourth-order valence-electron chi connectivity index (χ4n) is 0.435. The Bertz CT molecular complexity index is 123. The van der Waals surface area contributed by atoms with Crippen LogP contribution in [0.5, 0.6) is 0 Å². The lowest BCUT2D eigenvalue weighted by atomic mass is 10.6. The van der Waals surface area contributed by atoms with Gasteiger partial charge in [0.05, 0.1) is 6.61 Å². The molecule has 0 aromatic rings. The summed E-state index contributed by atoms with van der Waals surface area (Å²) < 4.78 is 4.99. The predicted octanol–water partition coefficient (Wildman–Crippen LogP) is 1.47. The van der Waals surface area contributed by atoms with Crippen LogP contribution in [0.15, 0.2) is 12.3 Å². The Morgan fingerprint density at radius 1 is 1.60 bits per heavy atom. The summed E-state index contributed by atoms with van der Waals surface area (Å²) in [6.45, 7) is 5.47. The first-order chi connectivity index (χ1) is 4.81. The predicted molar refractivity (Wildman–Crippen MR) is 47.0 cm³/mol. The molecule has 3 heteroatoms. The van der Waals surface area contributed by atoms with Gasteiger partial charge in [-0.1, -0.05) is 0 Å². The van der Waals surface area contributed by atoms with Crippen LogP contribution in [0, 0.1) is 0 Å². The van der Waals surface area contributed by atoms with Crippen LogP contribution in [-0.2, 0) is 4.74 Å². The second-order valence-electron chi connectivity index (χ2n) is 1.64. The van der Waals surface area contributed by atoms with E-state index in [0.717, 1.165) is 6.54 Å². The van der Waals surface area contributed by atoms with Crippen molar-refractivity contribution in [3.63, 3.8) is 0 Å². The highest BCUT2D eigenvalue weighted by Gasteiger charge is 1.84. The topological polar surface area (TPSA) is 21.3 Å². The van der Waals surface area contributed by atoms with Gasteiger partial charge in [-0.05, 0) is 26.1 Å². The molecule has 0 aliphatic heterocycles. The maximum atomic E-state index is 4.99. The molecule has 0 fully saturated rings. The number of nitrogens with one attached hydrogen (secondary N) is 1. The molecule has 10 heavy (non-hydrogen) atoms. The van der Waals surface area contributed by atoms with E-state index in [0.29, 0.717) is 11.7 Å². The van der Waals surface area contributed by atoms with Gasteiger partial charge in [-0.2, -0.15) is 0 Å². The van der Waals surface area contributed by atoms with Gasteiger partial charge in [-0.3, -0.25) is 0 Å². The van der Waals surface area contributed by atoms with Crippen molar-refractivity contribution >= 4 is 17.3 Å². The van der Waals surface area contributed by atoms with Gasteiger partial charge in [-0.25, -0.2) is 0 Å². The molecule has 0 spiro atoms. The SMILES string of the molecule is CCNC=CC(=S)OCC. The highest BCUT2D eigenvalue weighted by atomic mass is 32.1. The lowest BCUT2D eigenvalue weighted by molar-refractivity contribution is 0.339. The van der Waals surface area contributed by atoms with E-state index < -0.39 is 0 Å². The summed E-state index contributed by atoms with van der Waals surface area (Å²) in [4.78, 5) is 0. The van der Waals surface area contributed by atoms with Crippen LogP contribution >= 0.6 is 12.2 Å². The first-order valence-corrected chi connectivity index (χ1v) is 3.78. The first kappa shape index (κ1) is 9.43. The Hall–Kier alpha value is -0.570. The van der Waals surface area contributed by atoms with E-state index in [9.17, 15) is 0 Å². The van der Waals surface area contributed by atoms with Crippen molar-refractivity contribution in [2.75, 3.05) is 13.2 Å². The number of rotatable bonds is 4. The van der Waals surface area contributed by atoms with E-state index in [4.69, 9.17) is 17.0 Å². The van der Waals surface area contributed by atoms with Gasteiger partial charge < -0.3 is 10.1 Å². The fourth-order valence-corrected chi connectivity index (χ4v) is 0.621. The molecule has 0 amide bonds. The van der Waals surface area contributed by atoms with Crippen LogP contribution in [0.2, 0.25) is 0 Å². The van der Waals surface area contributed by atoms with Gasteiger partial charge in [-0.15, -0.1) is 0 Å². The largest absolute Gasteiger partial charge is 0.484 e. The molecule has 0 saturated heterocycles. The molecule has 0 atom stereocenters. The van der Waals surface area contributed by atoms with Crippen LogP contribution in [0.25, 0.3) is 0 Å². The van der Waals surface area contributed by atoms with Crippen molar-refractivity contribution in [2.24, 2.45) is 0 Å². The molecule has 0 aliphatic rings. The van der Waals surface area contributed by atoms with Gasteiger partial charge in [0.1, 0.15) is 0 Å². The number of hydrogen-bond donors (Lipinski definition) is 1. The van der Waals surface area contributed by atoms with Gasteiger partial charge >= 0.3 is 0 Å². The Morgan fingerprint density at radius 3 is 2.80 bits per heavy atom. The molecule has 2 nitrogen and oxygen atoms in total. The zero-order valence-corrected chi connectivity index (χ0v) is 7.20. The number of ether oxygens (including phenoxy) is 1. The molecule has 0 aromatic heterocycles. The van der Waals surface area contributed by atoms with Crippen molar-refractivity contribution in [3.05, 3.63) is 12.3 Å². The molecular weight excluding hydrogens is 146 g/mol. The molecular formula is C7H13NOS. The highest BCUT2D eigenvalue weighted by molar-refractivity contribution is 7.80. The third kappa shape index (κ3) is 5.56. The summed E-state index contributed by atoms with van der Waals surface area (Å²) in [7, 11) is 0. The van der Waals surface area contributed by atoms with Crippen LogP contribution in [0.3, 0.4) is 0 Å². The Kier molecular flexibility index (Phi) is 6.18. The summed E-state index contributed by atoms with van der Waals surface area (Å²) >= 11 is 4.82. The summed E-state index contributed by atoms with van der Waals surface area (Å²) in [5, 5.41) is 3.52. The smallest absolute Gasteiger partial charge is 0.185 e. The lowest BCUT2D eigenvalue weighted by Gasteiger charge is -1.97. The van der Waals surface area contributed by atoms with E-state index >= 15 is 0 Å². The standard InChI is InChI=1S/C7H13NOS/c1-3-8-6-5-7(10)9-4-2/h5-6,8H,3-4H2,1-2H3. The maximum absolute atomic E-state index is 4.99. The minimum atomic E-state index is 0.531. The summed E-state index contributed by atoms with van der Waals surface area (Å²) in [6.07, 6.45) is 3.53. The molecule has 0 unspecified atom stereocenters. The van der Waals surface area contributed by atoms with E-state index in [2.05, 4.69) is 5.32 Å². The van der Waals surface area contributed by atoms with E-state index in [1.165, 1.54) is 0 Å². The zero-order valence-electron chi connectivity index (χ0n) is 6.39. The van der Waals surface area contributed by atoms with Crippen molar-refractivity contribution < 1.29 is 4.74 Å². The molecule has 0 saturated carbocycles. The average Bonchev–Trinajstić information content (AvgIpc) is 1.89. The van der Waals surface area contributed by atoms with Crippen molar-refractivity contribution in [3.8, 4) is 0 Å². The Balaban J connectivity index is 3.36. The van der Waals surface area contributed by atoms with Crippen molar-refractivity contribution in [2.45, 2.75) is 13.8 Å². The van der Waals surface area contributed by atoms with Crippen LogP contribution in [0.4, 0.5) is 0 Å². The fraction of sp³-hybridized carbons (Fsp3) is 0.571. The van der Waals surface area contributed by atoms with Gasteiger partial charge in [0, 0.05) is 18.8 Å². The minimum absolute atomic E-state index is 0.531. The van der Waals surface area contributed by atoms with Crippen LogP contribution in [-0.4, -0.2) is 18.2 Å². The molecule has 0 aliphatic carbocycles. The third-order valence-electron chi connectivity index (χ3n) is 0.828. The quantitative estimate of drug-likeness (QED) is 0.496.